The lowest BCUT2D eigenvalue weighted by atomic mass is 9.79. The quantitative estimate of drug-likeness (QED) is 0.414. The first kappa shape index (κ1) is 28.8. The molecule has 2 rings (SSSR count). The lowest BCUT2D eigenvalue weighted by Crippen LogP contribution is -2.42. The average molecular weight is 470 g/mol. The third kappa shape index (κ3) is 6.86. The molecule has 182 valence electrons. The van der Waals surface area contributed by atoms with Crippen LogP contribution in [0.3, 0.4) is 0 Å². The maximum Gasteiger partial charge on any atom is 0.494 e. The monoisotopic (exact) mass is 469 g/mol. The number of rotatable bonds is 7. The van der Waals surface area contributed by atoms with E-state index in [0.29, 0.717) is 23.1 Å². The summed E-state index contributed by atoms with van der Waals surface area (Å²) in [6.45, 7) is 19.9. The molecular weight excluding hydrogens is 429 g/mol. The van der Waals surface area contributed by atoms with Gasteiger partial charge < -0.3 is 24.9 Å². The molecule has 1 aliphatic heterocycles. The number of carbonyl (C=O) groups excluding carboxylic acids is 1. The van der Waals surface area contributed by atoms with Gasteiger partial charge in [0.25, 0.3) is 0 Å². The van der Waals surface area contributed by atoms with Crippen molar-refractivity contribution in [2.24, 2.45) is 11.3 Å². The highest BCUT2D eigenvalue weighted by Crippen LogP contribution is 2.37. The summed E-state index contributed by atoms with van der Waals surface area (Å²) in [4.78, 5) is 12.5. The smallest absolute Gasteiger partial charge is 0.488 e. The number of benzene rings is 1. The molecule has 1 aromatic rings. The molecule has 0 aliphatic carbocycles. The summed E-state index contributed by atoms with van der Waals surface area (Å²) < 4.78 is 24.1. The van der Waals surface area contributed by atoms with E-state index in [1.807, 2.05) is 67.5 Å². The zero-order chi connectivity index (χ0) is 23.8. The van der Waals surface area contributed by atoms with Gasteiger partial charge in [0.2, 0.25) is 0 Å². The predicted molar refractivity (Wildman–Crippen MR) is 131 cm³/mol. The van der Waals surface area contributed by atoms with Gasteiger partial charge in [0.1, 0.15) is 18.0 Å². The van der Waals surface area contributed by atoms with Crippen LogP contribution < -0.4 is 16.4 Å². The molecule has 32 heavy (non-hydrogen) atoms. The molecule has 1 unspecified atom stereocenters. The third-order valence-corrected chi connectivity index (χ3v) is 6.10. The molecule has 1 atom stereocenters. The summed E-state index contributed by atoms with van der Waals surface area (Å²) in [7, 11) is -0.490. The van der Waals surface area contributed by atoms with Crippen molar-refractivity contribution in [2.45, 2.75) is 92.5 Å². The van der Waals surface area contributed by atoms with E-state index < -0.39 is 29.3 Å². The minimum atomic E-state index is -0.758. The number of hydrogen-bond donors (Lipinski definition) is 1. The van der Waals surface area contributed by atoms with Crippen molar-refractivity contribution < 1.29 is 23.6 Å². The molecule has 0 radical (unpaired) electrons. The highest BCUT2D eigenvalue weighted by molar-refractivity contribution is 6.62. The second-order valence-electron chi connectivity index (χ2n) is 11.3. The SMILES string of the molecule is CC(C)CC(C)(COc1ccc(B2OC(C)(C)C(C)(C)O2)cc1Cl)OC(=O)C(C)(C)C.N. The molecule has 0 aromatic heterocycles. The van der Waals surface area contributed by atoms with Crippen LogP contribution in [0, 0.1) is 11.3 Å². The van der Waals surface area contributed by atoms with Gasteiger partial charge in [0, 0.05) is 0 Å². The number of carbonyl (C=O) groups is 1. The minimum Gasteiger partial charge on any atom is -0.488 e. The molecule has 8 heteroatoms. The van der Waals surface area contributed by atoms with E-state index in [2.05, 4.69) is 13.8 Å². The van der Waals surface area contributed by atoms with Gasteiger partial charge >= 0.3 is 13.1 Å². The van der Waals surface area contributed by atoms with Crippen LogP contribution in [0.25, 0.3) is 0 Å². The van der Waals surface area contributed by atoms with E-state index in [4.69, 9.17) is 30.4 Å². The summed E-state index contributed by atoms with van der Waals surface area (Å²) in [6.07, 6.45) is 0.679. The van der Waals surface area contributed by atoms with Crippen LogP contribution in [-0.2, 0) is 18.8 Å². The lowest BCUT2D eigenvalue weighted by Gasteiger charge is -2.33. The Morgan fingerprint density at radius 1 is 1.09 bits per heavy atom. The zero-order valence-corrected chi connectivity index (χ0v) is 22.2. The average Bonchev–Trinajstić information content (AvgIpc) is 2.79. The molecule has 0 amide bonds. The Morgan fingerprint density at radius 2 is 1.62 bits per heavy atom. The zero-order valence-electron chi connectivity index (χ0n) is 21.4. The second kappa shape index (κ2) is 9.92. The number of esters is 1. The topological polar surface area (TPSA) is 89.0 Å². The molecule has 3 N–H and O–H groups in total. The Hall–Kier alpha value is -1.28. The van der Waals surface area contributed by atoms with Gasteiger partial charge in [-0.2, -0.15) is 0 Å². The predicted octanol–water partition coefficient (Wildman–Crippen LogP) is 5.57. The van der Waals surface area contributed by atoms with Crippen molar-refractivity contribution in [3.05, 3.63) is 23.2 Å². The molecule has 1 fully saturated rings. The minimum absolute atomic E-state index is 0. The normalized spacial score (nSPS) is 19.3. The van der Waals surface area contributed by atoms with Crippen molar-refractivity contribution >= 4 is 30.2 Å². The number of ether oxygens (including phenoxy) is 2. The lowest BCUT2D eigenvalue weighted by molar-refractivity contribution is -0.172. The van der Waals surface area contributed by atoms with Crippen LogP contribution in [0.4, 0.5) is 0 Å². The van der Waals surface area contributed by atoms with Crippen molar-refractivity contribution in [3.63, 3.8) is 0 Å². The van der Waals surface area contributed by atoms with Gasteiger partial charge in [0.05, 0.1) is 21.6 Å². The number of halogens is 1. The molecule has 1 heterocycles. The first-order valence-corrected chi connectivity index (χ1v) is 11.3. The van der Waals surface area contributed by atoms with Gasteiger partial charge in [0.15, 0.2) is 0 Å². The van der Waals surface area contributed by atoms with E-state index >= 15 is 0 Å². The van der Waals surface area contributed by atoms with Gasteiger partial charge in [-0.1, -0.05) is 31.5 Å². The first-order chi connectivity index (χ1) is 14.0. The summed E-state index contributed by atoms with van der Waals surface area (Å²) in [6, 6.07) is 5.51. The van der Waals surface area contributed by atoms with Gasteiger partial charge in [-0.05, 0) is 85.3 Å². The van der Waals surface area contributed by atoms with Crippen LogP contribution in [0.2, 0.25) is 5.02 Å². The Kier molecular flexibility index (Phi) is 8.91. The first-order valence-electron chi connectivity index (χ1n) is 11.0. The van der Waals surface area contributed by atoms with Crippen LogP contribution in [-0.4, -0.2) is 36.5 Å². The van der Waals surface area contributed by atoms with Gasteiger partial charge in [-0.15, -0.1) is 0 Å². The van der Waals surface area contributed by atoms with Crippen molar-refractivity contribution in [1.82, 2.24) is 6.15 Å². The van der Waals surface area contributed by atoms with Gasteiger partial charge in [-0.25, -0.2) is 0 Å². The largest absolute Gasteiger partial charge is 0.494 e. The van der Waals surface area contributed by atoms with Crippen molar-refractivity contribution in [1.29, 1.82) is 0 Å². The molecular formula is C24H41BClNO5. The Balaban J connectivity index is 0.00000512. The van der Waals surface area contributed by atoms with Crippen LogP contribution in [0.5, 0.6) is 5.75 Å². The van der Waals surface area contributed by atoms with Gasteiger partial charge in [-0.3, -0.25) is 4.79 Å². The third-order valence-electron chi connectivity index (χ3n) is 5.81. The number of hydrogen-bond acceptors (Lipinski definition) is 6. The van der Waals surface area contributed by atoms with Crippen LogP contribution in [0.15, 0.2) is 18.2 Å². The summed E-state index contributed by atoms with van der Waals surface area (Å²) in [5, 5.41) is 0.459. The molecule has 0 saturated carbocycles. The summed E-state index contributed by atoms with van der Waals surface area (Å²) in [5.74, 6) is 0.618. The molecule has 0 spiro atoms. The maximum atomic E-state index is 12.5. The molecule has 6 nitrogen and oxygen atoms in total. The maximum absolute atomic E-state index is 12.5. The fraction of sp³-hybridized carbons (Fsp3) is 0.708. The highest BCUT2D eigenvalue weighted by atomic mass is 35.5. The molecule has 1 aromatic carbocycles. The van der Waals surface area contributed by atoms with E-state index in [0.717, 1.165) is 5.46 Å². The van der Waals surface area contributed by atoms with E-state index in [-0.39, 0.29) is 18.7 Å². The van der Waals surface area contributed by atoms with E-state index in [1.54, 1.807) is 6.07 Å². The van der Waals surface area contributed by atoms with Crippen molar-refractivity contribution in [3.8, 4) is 5.75 Å². The van der Waals surface area contributed by atoms with E-state index in [1.165, 1.54) is 0 Å². The Labute approximate surface area is 199 Å². The fourth-order valence-electron chi connectivity index (χ4n) is 3.36. The summed E-state index contributed by atoms with van der Waals surface area (Å²) in [5.41, 5.74) is -1.35. The van der Waals surface area contributed by atoms with Crippen LogP contribution >= 0.6 is 11.6 Å². The van der Waals surface area contributed by atoms with E-state index in [9.17, 15) is 4.79 Å². The fourth-order valence-corrected chi connectivity index (χ4v) is 3.60. The Bertz CT molecular complexity index is 790. The second-order valence-corrected chi connectivity index (χ2v) is 11.7. The standard InChI is InChI=1S/C24H38BClO5.H3N/c1-16(2)14-24(10,29-20(27)21(3,4)5)15-28-19-12-11-17(13-18(19)26)25-30-22(6,7)23(8,9)31-25;/h11-13,16H,14-15H2,1-10H3;1H3. The van der Waals surface area contributed by atoms with Crippen LogP contribution in [0.1, 0.15) is 75.7 Å². The molecule has 0 bridgehead atoms. The highest BCUT2D eigenvalue weighted by Gasteiger charge is 2.51. The molecule has 1 saturated heterocycles. The molecule has 1 aliphatic rings. The summed E-state index contributed by atoms with van der Waals surface area (Å²) >= 11 is 6.52. The van der Waals surface area contributed by atoms with Crippen molar-refractivity contribution in [2.75, 3.05) is 6.61 Å². The Morgan fingerprint density at radius 3 is 2.06 bits per heavy atom.